The van der Waals surface area contributed by atoms with Crippen LogP contribution in [-0.4, -0.2) is 16.7 Å². The lowest BCUT2D eigenvalue weighted by Crippen LogP contribution is -1.98. The normalized spacial score (nSPS) is 10.8. The molecule has 0 spiro atoms. The molecule has 2 aromatic heterocycles. The number of rotatable bonds is 6. The maximum absolute atomic E-state index is 8.91. The van der Waals surface area contributed by atoms with E-state index in [0.717, 1.165) is 39.2 Å². The maximum Gasteiger partial charge on any atom is 0.162 e. The van der Waals surface area contributed by atoms with Crippen molar-refractivity contribution in [1.82, 2.24) is 4.98 Å². The number of aliphatic hydroxyl groups excluding tert-OH is 1. The molecule has 5 heteroatoms. The molecular weight excluding hydrogens is 296 g/mol. The van der Waals surface area contributed by atoms with Gasteiger partial charge in [0.25, 0.3) is 0 Å². The van der Waals surface area contributed by atoms with Gasteiger partial charge in [-0.15, -0.1) is 11.3 Å². The first-order valence-electron chi connectivity index (χ1n) is 7.20. The second kappa shape index (κ2) is 6.77. The van der Waals surface area contributed by atoms with Gasteiger partial charge in [0.2, 0.25) is 0 Å². The molecule has 22 heavy (non-hydrogen) atoms. The third-order valence-corrected chi connectivity index (χ3v) is 4.34. The lowest BCUT2D eigenvalue weighted by molar-refractivity contribution is 0.299. The Balaban J connectivity index is 1.61. The zero-order chi connectivity index (χ0) is 15.4. The largest absolute Gasteiger partial charge is 0.459 e. The Morgan fingerprint density at radius 3 is 2.68 bits per heavy atom. The minimum Gasteiger partial charge on any atom is -0.459 e. The van der Waals surface area contributed by atoms with Crippen molar-refractivity contribution in [3.05, 3.63) is 58.8 Å². The van der Waals surface area contributed by atoms with Gasteiger partial charge in [0.15, 0.2) is 10.8 Å². The number of nitrogens with zero attached hydrogens (tertiary/aromatic N) is 1. The second-order valence-corrected chi connectivity index (χ2v) is 6.18. The minimum atomic E-state index is 0.183. The predicted octanol–water partition coefficient (Wildman–Crippen LogP) is 3.86. The van der Waals surface area contributed by atoms with Gasteiger partial charge in [0, 0.05) is 23.4 Å². The summed E-state index contributed by atoms with van der Waals surface area (Å²) in [5.74, 6) is 1.72. The van der Waals surface area contributed by atoms with Gasteiger partial charge in [-0.1, -0.05) is 12.1 Å². The molecule has 0 unspecified atom stereocenters. The minimum absolute atomic E-state index is 0.183. The molecule has 0 aliphatic rings. The van der Waals surface area contributed by atoms with Crippen LogP contribution in [0.4, 0.5) is 5.69 Å². The standard InChI is InChI=1S/C17H18N2O2S/c1-12-2-7-16(21-12)17-19-11-15(22-17)10-18-14-5-3-13(4-6-14)8-9-20/h2-7,11,18,20H,8-10H2,1H3. The molecule has 0 aliphatic heterocycles. The molecule has 0 aliphatic carbocycles. The van der Waals surface area contributed by atoms with E-state index in [1.165, 1.54) is 0 Å². The summed E-state index contributed by atoms with van der Waals surface area (Å²) in [6.07, 6.45) is 2.58. The number of benzene rings is 1. The highest BCUT2D eigenvalue weighted by Crippen LogP contribution is 2.27. The number of aliphatic hydroxyl groups is 1. The monoisotopic (exact) mass is 314 g/mol. The highest BCUT2D eigenvalue weighted by atomic mass is 32.1. The van der Waals surface area contributed by atoms with Crippen molar-refractivity contribution in [2.75, 3.05) is 11.9 Å². The summed E-state index contributed by atoms with van der Waals surface area (Å²) in [5.41, 5.74) is 2.20. The van der Waals surface area contributed by atoms with Gasteiger partial charge in [-0.25, -0.2) is 4.98 Å². The van der Waals surface area contributed by atoms with Crippen molar-refractivity contribution in [2.45, 2.75) is 19.9 Å². The Hall–Kier alpha value is -2.11. The predicted molar refractivity (Wildman–Crippen MR) is 89.1 cm³/mol. The first-order chi connectivity index (χ1) is 10.7. The molecule has 2 heterocycles. The molecular formula is C17H18N2O2S. The van der Waals surface area contributed by atoms with E-state index in [1.54, 1.807) is 11.3 Å². The Kier molecular flexibility index (Phi) is 4.56. The number of anilines is 1. The first-order valence-corrected chi connectivity index (χ1v) is 8.01. The molecule has 2 N–H and O–H groups in total. The van der Waals surface area contributed by atoms with Crippen molar-refractivity contribution >= 4 is 17.0 Å². The van der Waals surface area contributed by atoms with E-state index in [9.17, 15) is 0 Å². The Bertz CT molecular complexity index is 731. The highest BCUT2D eigenvalue weighted by Gasteiger charge is 2.08. The Morgan fingerprint density at radius 1 is 1.18 bits per heavy atom. The summed E-state index contributed by atoms with van der Waals surface area (Å²) in [4.78, 5) is 5.56. The third kappa shape index (κ3) is 3.55. The summed E-state index contributed by atoms with van der Waals surface area (Å²) in [6, 6.07) is 12.0. The SMILES string of the molecule is Cc1ccc(-c2ncc(CNc3ccc(CCO)cc3)s2)o1. The van der Waals surface area contributed by atoms with Crippen LogP contribution in [0.1, 0.15) is 16.2 Å². The van der Waals surface area contributed by atoms with Crippen molar-refractivity contribution in [1.29, 1.82) is 0 Å². The number of hydrogen-bond acceptors (Lipinski definition) is 5. The van der Waals surface area contributed by atoms with Gasteiger partial charge in [-0.3, -0.25) is 0 Å². The quantitative estimate of drug-likeness (QED) is 0.725. The fraction of sp³-hybridized carbons (Fsp3) is 0.235. The van der Waals surface area contributed by atoms with E-state index in [2.05, 4.69) is 10.3 Å². The van der Waals surface area contributed by atoms with E-state index in [4.69, 9.17) is 9.52 Å². The Morgan fingerprint density at radius 2 is 2.00 bits per heavy atom. The van der Waals surface area contributed by atoms with Gasteiger partial charge < -0.3 is 14.8 Å². The lowest BCUT2D eigenvalue weighted by Gasteiger charge is -2.05. The van der Waals surface area contributed by atoms with E-state index in [-0.39, 0.29) is 6.61 Å². The van der Waals surface area contributed by atoms with Gasteiger partial charge in [0.05, 0.1) is 6.54 Å². The van der Waals surface area contributed by atoms with Crippen LogP contribution in [0.3, 0.4) is 0 Å². The summed E-state index contributed by atoms with van der Waals surface area (Å²) < 4.78 is 5.59. The summed E-state index contributed by atoms with van der Waals surface area (Å²) in [7, 11) is 0. The smallest absolute Gasteiger partial charge is 0.162 e. The first kappa shape index (κ1) is 14.8. The molecule has 0 saturated carbocycles. The highest BCUT2D eigenvalue weighted by molar-refractivity contribution is 7.14. The van der Waals surface area contributed by atoms with Crippen molar-refractivity contribution in [2.24, 2.45) is 0 Å². The fourth-order valence-electron chi connectivity index (χ4n) is 2.16. The zero-order valence-corrected chi connectivity index (χ0v) is 13.2. The van der Waals surface area contributed by atoms with E-state index in [1.807, 2.05) is 49.5 Å². The second-order valence-electron chi connectivity index (χ2n) is 5.07. The Labute approximate surface area is 133 Å². The average molecular weight is 314 g/mol. The van der Waals surface area contributed by atoms with E-state index < -0.39 is 0 Å². The number of aromatic nitrogens is 1. The molecule has 4 nitrogen and oxygen atoms in total. The number of hydrogen-bond donors (Lipinski definition) is 2. The van der Waals surface area contributed by atoms with Crippen LogP contribution in [0.2, 0.25) is 0 Å². The molecule has 3 aromatic rings. The molecule has 1 aromatic carbocycles. The van der Waals surface area contributed by atoms with E-state index in [0.29, 0.717) is 6.42 Å². The zero-order valence-electron chi connectivity index (χ0n) is 12.4. The van der Waals surface area contributed by atoms with Gasteiger partial charge in [-0.05, 0) is 43.2 Å². The number of aryl methyl sites for hydroxylation is 1. The molecule has 0 amide bonds. The van der Waals surface area contributed by atoms with Crippen molar-refractivity contribution in [3.63, 3.8) is 0 Å². The summed E-state index contributed by atoms with van der Waals surface area (Å²) >= 11 is 1.63. The molecule has 0 saturated heterocycles. The van der Waals surface area contributed by atoms with E-state index >= 15 is 0 Å². The van der Waals surface area contributed by atoms with Crippen molar-refractivity contribution < 1.29 is 9.52 Å². The van der Waals surface area contributed by atoms with Gasteiger partial charge in [0.1, 0.15) is 5.76 Å². The van der Waals surface area contributed by atoms with Gasteiger partial charge in [-0.2, -0.15) is 0 Å². The number of thiazole rings is 1. The topological polar surface area (TPSA) is 58.3 Å². The summed E-state index contributed by atoms with van der Waals surface area (Å²) in [5, 5.41) is 13.2. The molecule has 114 valence electrons. The van der Waals surface area contributed by atoms with Crippen LogP contribution in [0.25, 0.3) is 10.8 Å². The molecule has 3 rings (SSSR count). The van der Waals surface area contributed by atoms with Crippen LogP contribution in [-0.2, 0) is 13.0 Å². The van der Waals surface area contributed by atoms with Crippen molar-refractivity contribution in [3.8, 4) is 10.8 Å². The lowest BCUT2D eigenvalue weighted by atomic mass is 10.1. The van der Waals surface area contributed by atoms with Crippen LogP contribution >= 0.6 is 11.3 Å². The van der Waals surface area contributed by atoms with Gasteiger partial charge >= 0.3 is 0 Å². The average Bonchev–Trinajstić information content (AvgIpc) is 3.16. The third-order valence-electron chi connectivity index (χ3n) is 3.33. The van der Waals surface area contributed by atoms with Crippen LogP contribution < -0.4 is 5.32 Å². The molecule has 0 bridgehead atoms. The maximum atomic E-state index is 8.91. The fourth-order valence-corrected chi connectivity index (χ4v) is 2.97. The number of furan rings is 1. The molecule has 0 radical (unpaired) electrons. The van der Waals surface area contributed by atoms with Crippen LogP contribution in [0.15, 0.2) is 47.0 Å². The summed E-state index contributed by atoms with van der Waals surface area (Å²) in [6.45, 7) is 2.85. The molecule has 0 atom stereocenters. The van der Waals surface area contributed by atoms with Crippen LogP contribution in [0, 0.1) is 6.92 Å². The van der Waals surface area contributed by atoms with Crippen LogP contribution in [0.5, 0.6) is 0 Å². The molecule has 0 fully saturated rings. The number of nitrogens with one attached hydrogen (secondary N) is 1.